The van der Waals surface area contributed by atoms with Crippen molar-refractivity contribution in [2.75, 3.05) is 0 Å². The molecular formula is C22H26CuN4O6+2. The van der Waals surface area contributed by atoms with E-state index in [2.05, 4.69) is 9.98 Å². The summed E-state index contributed by atoms with van der Waals surface area (Å²) < 4.78 is 0. The average Bonchev–Trinajstić information content (AvgIpc) is 2.68. The van der Waals surface area contributed by atoms with Gasteiger partial charge in [0.2, 0.25) is 0 Å². The normalized spacial score (nSPS) is 10.9. The Morgan fingerprint density at radius 2 is 0.970 bits per heavy atom. The van der Waals surface area contributed by atoms with Gasteiger partial charge in [-0.25, -0.2) is 0 Å². The van der Waals surface area contributed by atoms with Crippen molar-refractivity contribution in [3.63, 3.8) is 0 Å². The van der Waals surface area contributed by atoms with Crippen molar-refractivity contribution < 1.29 is 36.5 Å². The molecule has 0 aliphatic carbocycles. The summed E-state index contributed by atoms with van der Waals surface area (Å²) in [7, 11) is 0. The molecule has 2 aromatic carbocycles. The summed E-state index contributed by atoms with van der Waals surface area (Å²) in [6, 6.07) is 11.9. The minimum atomic E-state index is -0.452. The van der Waals surface area contributed by atoms with E-state index in [4.69, 9.17) is 9.59 Å². The predicted octanol–water partition coefficient (Wildman–Crippen LogP) is 5.28. The first-order valence-corrected chi connectivity index (χ1v) is 9.58. The molecule has 0 atom stereocenters. The number of nitro benzene ring substituents is 2. The minimum absolute atomic E-state index is 0. The molecule has 11 heteroatoms. The van der Waals surface area contributed by atoms with E-state index in [9.17, 15) is 20.2 Å². The van der Waals surface area contributed by atoms with Crippen LogP contribution in [-0.2, 0) is 17.1 Å². The summed E-state index contributed by atoms with van der Waals surface area (Å²) in [5.74, 6) is 0.589. The van der Waals surface area contributed by atoms with E-state index in [1.807, 2.05) is 0 Å². The van der Waals surface area contributed by atoms with Gasteiger partial charge in [0.1, 0.15) is 0 Å². The number of nitrogens with zero attached hydrogens (tertiary/aromatic N) is 4. The molecule has 0 saturated heterocycles. The molecule has 2 rings (SSSR count). The van der Waals surface area contributed by atoms with Crippen molar-refractivity contribution in [1.82, 2.24) is 0 Å². The van der Waals surface area contributed by atoms with Crippen molar-refractivity contribution in [3.8, 4) is 0 Å². The molecule has 0 aliphatic heterocycles. The maximum absolute atomic E-state index is 10.4. The van der Waals surface area contributed by atoms with Crippen LogP contribution in [0.15, 0.2) is 58.5 Å². The number of ketones is 2. The van der Waals surface area contributed by atoms with E-state index in [1.165, 1.54) is 24.3 Å². The topological polar surface area (TPSA) is 154 Å². The van der Waals surface area contributed by atoms with Gasteiger partial charge in [0, 0.05) is 66.6 Å². The summed E-state index contributed by atoms with van der Waals surface area (Å²) in [4.78, 5) is 46.5. The van der Waals surface area contributed by atoms with Gasteiger partial charge in [-0.05, 0) is 38.1 Å². The Morgan fingerprint density at radius 1 is 0.697 bits per heavy atom. The number of rotatable bonds is 8. The maximum atomic E-state index is 10.4. The fraction of sp³-hybridized carbons (Fsp3) is 0.273. The Morgan fingerprint density at radius 3 is 1.18 bits per heavy atom. The van der Waals surface area contributed by atoms with Gasteiger partial charge in [-0.1, -0.05) is 0 Å². The average molecular weight is 506 g/mol. The number of aliphatic imine (C=N–C) groups is 2. The summed E-state index contributed by atoms with van der Waals surface area (Å²) >= 11 is 0. The summed E-state index contributed by atoms with van der Waals surface area (Å²) in [6.07, 6.45) is 0.827. The van der Waals surface area contributed by atoms with E-state index in [1.54, 1.807) is 52.0 Å². The number of non-ortho nitro benzene ring substituents is 2. The molecule has 0 aromatic heterocycles. The molecule has 0 spiro atoms. The van der Waals surface area contributed by atoms with Crippen molar-refractivity contribution in [2.45, 2.75) is 40.5 Å². The Balaban J connectivity index is 0.000000602. The number of nitro groups is 2. The van der Waals surface area contributed by atoms with Gasteiger partial charge in [-0.3, -0.25) is 39.8 Å². The number of benzene rings is 2. The van der Waals surface area contributed by atoms with Crippen LogP contribution in [0.25, 0.3) is 0 Å². The van der Waals surface area contributed by atoms with Crippen LogP contribution in [0, 0.1) is 20.2 Å². The molecule has 10 nitrogen and oxygen atoms in total. The third kappa shape index (κ3) is 12.2. The van der Waals surface area contributed by atoms with Crippen molar-refractivity contribution in [3.05, 3.63) is 68.8 Å². The van der Waals surface area contributed by atoms with Crippen molar-refractivity contribution in [1.29, 1.82) is 0 Å². The zero-order valence-electron chi connectivity index (χ0n) is 18.7. The molecule has 1 radical (unpaired) electrons. The van der Waals surface area contributed by atoms with Crippen LogP contribution in [-0.4, -0.2) is 42.4 Å². The van der Waals surface area contributed by atoms with Crippen LogP contribution in [0.4, 0.5) is 22.7 Å². The molecule has 179 valence electrons. The molecule has 0 bridgehead atoms. The summed E-state index contributed by atoms with van der Waals surface area (Å²) in [5.41, 5.74) is 2.89. The second kappa shape index (κ2) is 14.5. The quantitative estimate of drug-likeness (QED) is 0.157. The van der Waals surface area contributed by atoms with Gasteiger partial charge in [0.25, 0.3) is 22.9 Å². The molecular weight excluding hydrogens is 480 g/mol. The van der Waals surface area contributed by atoms with Gasteiger partial charge in [-0.2, -0.15) is 0 Å². The fourth-order valence-electron chi connectivity index (χ4n) is 2.56. The van der Waals surface area contributed by atoms with Gasteiger partial charge >= 0.3 is 0 Å². The Hall–Kier alpha value is -3.56. The van der Waals surface area contributed by atoms with Gasteiger partial charge < -0.3 is 0 Å². The molecule has 2 N–H and O–H groups in total. The Bertz CT molecular complexity index is 962. The van der Waals surface area contributed by atoms with E-state index in [-0.39, 0.29) is 28.4 Å². The SMILES string of the molecule is CC(=[OH+])CC(C)=Nc1ccc([N+](=O)[O-])cc1.CC(=[OH+])CC(C)=Nc1ccc([N+](=O)[O-])cc1.[Cu]. The molecule has 0 unspecified atom stereocenters. The van der Waals surface area contributed by atoms with E-state index in [0.717, 1.165) is 11.4 Å². The molecule has 0 aliphatic rings. The third-order valence-corrected chi connectivity index (χ3v) is 3.78. The summed E-state index contributed by atoms with van der Waals surface area (Å²) in [6.45, 7) is 6.80. The van der Waals surface area contributed by atoms with Crippen LogP contribution >= 0.6 is 0 Å². The zero-order valence-corrected chi connectivity index (χ0v) is 19.6. The van der Waals surface area contributed by atoms with E-state index in [0.29, 0.717) is 35.8 Å². The molecule has 2 aromatic rings. The van der Waals surface area contributed by atoms with Crippen LogP contribution in [0.2, 0.25) is 0 Å². The molecule has 0 fully saturated rings. The fourth-order valence-corrected chi connectivity index (χ4v) is 2.56. The third-order valence-electron chi connectivity index (χ3n) is 3.78. The van der Waals surface area contributed by atoms with Crippen molar-refractivity contribution in [2.24, 2.45) is 9.98 Å². The number of hydrogen-bond acceptors (Lipinski definition) is 6. The molecule has 33 heavy (non-hydrogen) atoms. The van der Waals surface area contributed by atoms with Crippen LogP contribution in [0.1, 0.15) is 40.5 Å². The van der Waals surface area contributed by atoms with Crippen LogP contribution in [0.3, 0.4) is 0 Å². The first-order chi connectivity index (χ1) is 15.0. The second-order valence-electron chi connectivity index (χ2n) is 7.07. The van der Waals surface area contributed by atoms with Crippen LogP contribution in [0.5, 0.6) is 0 Å². The smallest absolute Gasteiger partial charge is 0.283 e. The molecule has 0 heterocycles. The first-order valence-electron chi connectivity index (χ1n) is 9.58. The number of carbonyl (C=O) groups excluding carboxylic acids is 2. The van der Waals surface area contributed by atoms with Gasteiger partial charge in [0.05, 0.1) is 34.1 Å². The Kier molecular flexibility index (Phi) is 12.9. The molecule has 0 saturated carbocycles. The van der Waals surface area contributed by atoms with Crippen molar-refractivity contribution >= 4 is 45.7 Å². The van der Waals surface area contributed by atoms with Crippen LogP contribution < -0.4 is 0 Å². The summed E-state index contributed by atoms with van der Waals surface area (Å²) in [5, 5.41) is 20.8. The first kappa shape index (κ1) is 29.4. The minimum Gasteiger partial charge on any atom is -0.283 e. The number of hydrogen-bond donors (Lipinski definition) is 0. The second-order valence-corrected chi connectivity index (χ2v) is 7.07. The standard InChI is InChI=1S/2C11H12N2O3.Cu/c2*1-8(7-9(2)14)12-10-3-5-11(6-4-10)13(15)16;/h2*3-6H,7H2,1-2H3;/p+2. The zero-order chi connectivity index (χ0) is 24.3. The van der Waals surface area contributed by atoms with E-state index < -0.39 is 9.85 Å². The largest absolute Gasteiger partial charge is 0.295 e. The Labute approximate surface area is 201 Å². The molecule has 0 amide bonds. The predicted molar refractivity (Wildman–Crippen MR) is 126 cm³/mol. The maximum Gasteiger partial charge on any atom is 0.295 e. The van der Waals surface area contributed by atoms with Gasteiger partial charge in [-0.15, -0.1) is 0 Å². The van der Waals surface area contributed by atoms with E-state index >= 15 is 0 Å². The monoisotopic (exact) mass is 505 g/mol. The van der Waals surface area contributed by atoms with Gasteiger partial charge in [0.15, 0.2) is 0 Å².